The minimum atomic E-state index is -0.0351. The fraction of sp³-hybridized carbons (Fsp3) is 0.214. The molecule has 100 valence electrons. The fourth-order valence-electron chi connectivity index (χ4n) is 1.79. The number of carbonyl (C=O) groups excluding carboxylic acids is 1. The first-order valence-corrected chi connectivity index (χ1v) is 8.32. The average Bonchev–Trinajstić information content (AvgIpc) is 2.77. The first-order valence-electron chi connectivity index (χ1n) is 5.92. The molecule has 0 aliphatic heterocycles. The first kappa shape index (κ1) is 14.8. The van der Waals surface area contributed by atoms with Crippen LogP contribution in [-0.2, 0) is 0 Å². The maximum absolute atomic E-state index is 12.2. The summed E-state index contributed by atoms with van der Waals surface area (Å²) in [5, 5.41) is 3.07. The lowest BCUT2D eigenvalue weighted by atomic mass is 10.0. The molecule has 1 unspecified atom stereocenters. The normalized spacial score (nSPS) is 12.2. The van der Waals surface area contributed by atoms with Gasteiger partial charge in [0.15, 0.2) is 0 Å². The molecule has 1 heterocycles. The predicted molar refractivity (Wildman–Crippen MR) is 86.7 cm³/mol. The summed E-state index contributed by atoms with van der Waals surface area (Å²) in [4.78, 5) is 12.9. The summed E-state index contributed by atoms with van der Waals surface area (Å²) in [6.45, 7) is 2.07. The van der Waals surface area contributed by atoms with Gasteiger partial charge in [-0.25, -0.2) is 0 Å². The van der Waals surface area contributed by atoms with Gasteiger partial charge in [0.05, 0.1) is 14.7 Å². The Labute approximate surface area is 133 Å². The molecule has 2 rings (SSSR count). The monoisotopic (exact) mass is 401 g/mol. The number of hydrogen-bond donors (Lipinski definition) is 1. The topological polar surface area (TPSA) is 29.1 Å². The summed E-state index contributed by atoms with van der Waals surface area (Å²) in [7, 11) is 0. The van der Waals surface area contributed by atoms with Crippen LogP contribution < -0.4 is 5.32 Å². The molecule has 1 aromatic heterocycles. The van der Waals surface area contributed by atoms with Crippen molar-refractivity contribution >= 4 is 49.1 Å². The van der Waals surface area contributed by atoms with E-state index in [2.05, 4.69) is 44.1 Å². The lowest BCUT2D eigenvalue weighted by Gasteiger charge is -2.16. The van der Waals surface area contributed by atoms with E-state index in [4.69, 9.17) is 0 Å². The van der Waals surface area contributed by atoms with Crippen LogP contribution in [0.25, 0.3) is 0 Å². The molecule has 2 nitrogen and oxygen atoms in total. The maximum Gasteiger partial charge on any atom is 0.261 e. The van der Waals surface area contributed by atoms with E-state index < -0.39 is 0 Å². The van der Waals surface area contributed by atoms with Gasteiger partial charge in [-0.05, 0) is 49.9 Å². The highest BCUT2D eigenvalue weighted by molar-refractivity contribution is 9.13. The molecule has 0 aliphatic carbocycles. The van der Waals surface area contributed by atoms with Gasteiger partial charge in [0.1, 0.15) is 0 Å². The Morgan fingerprint density at radius 1 is 1.32 bits per heavy atom. The minimum absolute atomic E-state index is 0.0351. The van der Waals surface area contributed by atoms with Crippen molar-refractivity contribution in [1.29, 1.82) is 0 Å². The Balaban J connectivity index is 2.13. The molecule has 0 fully saturated rings. The van der Waals surface area contributed by atoms with Gasteiger partial charge >= 0.3 is 0 Å². The largest absolute Gasteiger partial charge is 0.345 e. The van der Waals surface area contributed by atoms with Crippen LogP contribution in [0.1, 0.15) is 34.6 Å². The Bertz CT molecular complexity index is 549. The van der Waals surface area contributed by atoms with Crippen LogP contribution >= 0.6 is 43.2 Å². The lowest BCUT2D eigenvalue weighted by molar-refractivity contribution is 0.0939. The summed E-state index contributed by atoms with van der Waals surface area (Å²) in [6, 6.07) is 11.9. The van der Waals surface area contributed by atoms with Crippen molar-refractivity contribution in [2.24, 2.45) is 0 Å². The molecule has 1 amide bonds. The van der Waals surface area contributed by atoms with E-state index in [1.165, 1.54) is 11.3 Å². The van der Waals surface area contributed by atoms with Gasteiger partial charge < -0.3 is 5.32 Å². The summed E-state index contributed by atoms with van der Waals surface area (Å²) in [5.41, 5.74) is 1.13. The first-order chi connectivity index (χ1) is 9.11. The molecule has 0 spiro atoms. The minimum Gasteiger partial charge on any atom is -0.345 e. The average molecular weight is 403 g/mol. The number of amides is 1. The van der Waals surface area contributed by atoms with E-state index in [9.17, 15) is 4.79 Å². The fourth-order valence-corrected chi connectivity index (χ4v) is 3.73. The standard InChI is InChI=1S/C14H13Br2NOS/c1-2-11(9-6-4-3-5-7-9)17-14(18)12-8-10(15)13(16)19-12/h3-8,11H,2H2,1H3,(H,17,18). The van der Waals surface area contributed by atoms with Crippen molar-refractivity contribution in [3.63, 3.8) is 0 Å². The van der Waals surface area contributed by atoms with E-state index in [-0.39, 0.29) is 11.9 Å². The highest BCUT2D eigenvalue weighted by Gasteiger charge is 2.16. The second kappa shape index (κ2) is 6.68. The van der Waals surface area contributed by atoms with Crippen molar-refractivity contribution < 1.29 is 4.79 Å². The lowest BCUT2D eigenvalue weighted by Crippen LogP contribution is -2.27. The van der Waals surface area contributed by atoms with Gasteiger partial charge in [0, 0.05) is 4.47 Å². The quantitative estimate of drug-likeness (QED) is 0.752. The van der Waals surface area contributed by atoms with Gasteiger partial charge in [-0.1, -0.05) is 37.3 Å². The molecule has 0 radical (unpaired) electrons. The molecule has 1 N–H and O–H groups in total. The van der Waals surface area contributed by atoms with E-state index in [1.54, 1.807) is 0 Å². The van der Waals surface area contributed by atoms with Crippen LogP contribution in [0.4, 0.5) is 0 Å². The van der Waals surface area contributed by atoms with Crippen molar-refractivity contribution in [2.75, 3.05) is 0 Å². The van der Waals surface area contributed by atoms with Crippen molar-refractivity contribution in [3.8, 4) is 0 Å². The summed E-state index contributed by atoms with van der Waals surface area (Å²) < 4.78 is 1.85. The smallest absolute Gasteiger partial charge is 0.261 e. The number of rotatable bonds is 4. The molecule has 19 heavy (non-hydrogen) atoms. The molecular formula is C14H13Br2NOS. The molecule has 0 bridgehead atoms. The third-order valence-corrected chi connectivity index (χ3v) is 6.04. The number of thiophene rings is 1. The number of hydrogen-bond acceptors (Lipinski definition) is 2. The second-order valence-corrected chi connectivity index (χ2v) is 7.30. The van der Waals surface area contributed by atoms with E-state index in [1.807, 2.05) is 36.4 Å². The number of carbonyl (C=O) groups is 1. The van der Waals surface area contributed by atoms with Gasteiger partial charge in [-0.2, -0.15) is 0 Å². The van der Waals surface area contributed by atoms with Gasteiger partial charge in [-0.15, -0.1) is 11.3 Å². The molecule has 1 aromatic carbocycles. The third-order valence-electron chi connectivity index (χ3n) is 2.78. The van der Waals surface area contributed by atoms with Crippen LogP contribution in [-0.4, -0.2) is 5.91 Å². The molecule has 1 atom stereocenters. The predicted octanol–water partition coefficient (Wildman–Crippen LogP) is 5.15. The zero-order valence-corrected chi connectivity index (χ0v) is 14.3. The van der Waals surface area contributed by atoms with Crippen molar-refractivity contribution in [3.05, 3.63) is 55.1 Å². The molecule has 0 saturated heterocycles. The maximum atomic E-state index is 12.2. The zero-order chi connectivity index (χ0) is 13.8. The highest BCUT2D eigenvalue weighted by Crippen LogP contribution is 2.32. The van der Waals surface area contributed by atoms with Gasteiger partial charge in [0.25, 0.3) is 5.91 Å². The molecular weight excluding hydrogens is 390 g/mol. The zero-order valence-electron chi connectivity index (χ0n) is 10.3. The Hall–Kier alpha value is -0.650. The Kier molecular flexibility index (Phi) is 5.19. The number of benzene rings is 1. The van der Waals surface area contributed by atoms with E-state index in [0.29, 0.717) is 4.88 Å². The summed E-state index contributed by atoms with van der Waals surface area (Å²) in [5.74, 6) is -0.0351. The highest BCUT2D eigenvalue weighted by atomic mass is 79.9. The van der Waals surface area contributed by atoms with Crippen LogP contribution in [0.3, 0.4) is 0 Å². The van der Waals surface area contributed by atoms with Gasteiger partial charge in [-0.3, -0.25) is 4.79 Å². The summed E-state index contributed by atoms with van der Waals surface area (Å²) in [6.07, 6.45) is 0.865. The Morgan fingerprint density at radius 3 is 2.53 bits per heavy atom. The van der Waals surface area contributed by atoms with E-state index in [0.717, 1.165) is 20.2 Å². The molecule has 0 saturated carbocycles. The van der Waals surface area contributed by atoms with Crippen LogP contribution in [0.2, 0.25) is 0 Å². The Morgan fingerprint density at radius 2 is 2.00 bits per heavy atom. The SMILES string of the molecule is CCC(NC(=O)c1cc(Br)c(Br)s1)c1ccccc1. The molecule has 2 aromatic rings. The van der Waals surface area contributed by atoms with Crippen molar-refractivity contribution in [1.82, 2.24) is 5.32 Å². The molecule has 5 heteroatoms. The molecule has 0 aliphatic rings. The third kappa shape index (κ3) is 3.68. The second-order valence-electron chi connectivity index (χ2n) is 4.08. The van der Waals surface area contributed by atoms with Crippen molar-refractivity contribution in [2.45, 2.75) is 19.4 Å². The number of halogens is 2. The van der Waals surface area contributed by atoms with Crippen LogP contribution in [0.5, 0.6) is 0 Å². The van der Waals surface area contributed by atoms with Crippen LogP contribution in [0, 0.1) is 0 Å². The van der Waals surface area contributed by atoms with E-state index >= 15 is 0 Å². The van der Waals surface area contributed by atoms with Crippen LogP contribution in [0.15, 0.2) is 44.7 Å². The number of nitrogens with one attached hydrogen (secondary N) is 1. The van der Waals surface area contributed by atoms with Gasteiger partial charge in [0.2, 0.25) is 0 Å². The summed E-state index contributed by atoms with van der Waals surface area (Å²) >= 11 is 8.23.